The van der Waals surface area contributed by atoms with Crippen molar-refractivity contribution in [2.75, 3.05) is 6.61 Å². The molecule has 0 N–H and O–H groups in total. The average molecular weight is 248 g/mol. The highest BCUT2D eigenvalue weighted by atomic mass is 16.6. The van der Waals surface area contributed by atoms with Gasteiger partial charge in [-0.2, -0.15) is 0 Å². The Morgan fingerprint density at radius 3 is 2.67 bits per heavy atom. The average Bonchev–Trinajstić information content (AvgIpc) is 3.07. The van der Waals surface area contributed by atoms with E-state index in [1.165, 1.54) is 11.1 Å². The van der Waals surface area contributed by atoms with Crippen LogP contribution in [0.5, 0.6) is 5.75 Å². The fourth-order valence-electron chi connectivity index (χ4n) is 2.47. The fourth-order valence-corrected chi connectivity index (χ4v) is 2.47. The zero-order valence-electron chi connectivity index (χ0n) is 11.9. The van der Waals surface area contributed by atoms with E-state index < -0.39 is 0 Å². The van der Waals surface area contributed by atoms with Crippen LogP contribution in [0.3, 0.4) is 0 Å². The van der Waals surface area contributed by atoms with Gasteiger partial charge in [0.05, 0.1) is 18.8 Å². The van der Waals surface area contributed by atoms with Gasteiger partial charge in [-0.05, 0) is 55.9 Å². The molecule has 0 spiro atoms. The monoisotopic (exact) mass is 248 g/mol. The Morgan fingerprint density at radius 1 is 1.39 bits per heavy atom. The zero-order chi connectivity index (χ0) is 13.1. The summed E-state index contributed by atoms with van der Waals surface area (Å²) in [7, 11) is 0. The Labute approximate surface area is 110 Å². The minimum atomic E-state index is 0.451. The molecule has 1 heterocycles. The highest BCUT2D eigenvalue weighted by molar-refractivity contribution is 5.35. The van der Waals surface area contributed by atoms with Gasteiger partial charge in [-0.25, -0.2) is 0 Å². The van der Waals surface area contributed by atoms with Crippen molar-refractivity contribution in [3.8, 4) is 5.75 Å². The van der Waals surface area contributed by atoms with E-state index in [0.29, 0.717) is 18.1 Å². The molecule has 1 aliphatic rings. The second kappa shape index (κ2) is 5.75. The minimum absolute atomic E-state index is 0.451. The molecule has 0 radical (unpaired) electrons. The zero-order valence-corrected chi connectivity index (χ0v) is 11.9. The topological polar surface area (TPSA) is 21.8 Å². The van der Waals surface area contributed by atoms with Crippen molar-refractivity contribution < 1.29 is 9.47 Å². The fraction of sp³-hybridized carbons (Fsp3) is 0.625. The lowest BCUT2D eigenvalue weighted by atomic mass is 9.94. The van der Waals surface area contributed by atoms with Gasteiger partial charge in [0.2, 0.25) is 0 Å². The van der Waals surface area contributed by atoms with Crippen LogP contribution in [0.2, 0.25) is 0 Å². The Bertz CT molecular complexity index is 400. The van der Waals surface area contributed by atoms with E-state index in [2.05, 4.69) is 45.9 Å². The predicted molar refractivity (Wildman–Crippen MR) is 74.2 cm³/mol. The molecule has 2 rings (SSSR count). The van der Waals surface area contributed by atoms with Gasteiger partial charge in [0.25, 0.3) is 0 Å². The van der Waals surface area contributed by atoms with Gasteiger partial charge in [-0.15, -0.1) is 0 Å². The van der Waals surface area contributed by atoms with Crippen LogP contribution in [0.4, 0.5) is 0 Å². The van der Waals surface area contributed by atoms with Crippen LogP contribution >= 0.6 is 0 Å². The highest BCUT2D eigenvalue weighted by Crippen LogP contribution is 2.32. The van der Waals surface area contributed by atoms with Crippen molar-refractivity contribution in [2.45, 2.75) is 52.7 Å². The molecule has 0 amide bonds. The molecule has 3 atom stereocenters. The van der Waals surface area contributed by atoms with Gasteiger partial charge in [0, 0.05) is 0 Å². The molecule has 0 bridgehead atoms. The number of ether oxygens (including phenoxy) is 2. The molecule has 1 aromatic rings. The second-order valence-electron chi connectivity index (χ2n) is 5.42. The first-order valence-electron chi connectivity index (χ1n) is 6.99. The van der Waals surface area contributed by atoms with E-state index in [-0.39, 0.29) is 0 Å². The molecule has 1 fully saturated rings. The molecule has 0 saturated carbocycles. The van der Waals surface area contributed by atoms with Crippen molar-refractivity contribution in [1.82, 2.24) is 0 Å². The summed E-state index contributed by atoms with van der Waals surface area (Å²) in [5.41, 5.74) is 2.73. The van der Waals surface area contributed by atoms with Crippen molar-refractivity contribution in [2.24, 2.45) is 5.92 Å². The largest absolute Gasteiger partial charge is 0.494 e. The third-order valence-electron chi connectivity index (χ3n) is 3.65. The predicted octanol–water partition coefficient (Wildman–Crippen LogP) is 3.75. The smallest absolute Gasteiger partial charge is 0.119 e. The van der Waals surface area contributed by atoms with Gasteiger partial charge >= 0.3 is 0 Å². The molecule has 100 valence electrons. The normalized spacial score (nSPS) is 23.8. The quantitative estimate of drug-likeness (QED) is 0.715. The molecular formula is C16H24O2. The van der Waals surface area contributed by atoms with Crippen LogP contribution in [-0.2, 0) is 11.2 Å². The number of epoxide rings is 1. The van der Waals surface area contributed by atoms with Crippen LogP contribution < -0.4 is 4.74 Å². The number of hydrogen-bond donors (Lipinski definition) is 0. The molecule has 0 aromatic heterocycles. The van der Waals surface area contributed by atoms with Crippen molar-refractivity contribution in [3.05, 3.63) is 29.3 Å². The molecule has 0 aliphatic carbocycles. The molecule has 1 aliphatic heterocycles. The molecule has 2 nitrogen and oxygen atoms in total. The van der Waals surface area contributed by atoms with Crippen molar-refractivity contribution >= 4 is 0 Å². The molecule has 2 heteroatoms. The van der Waals surface area contributed by atoms with E-state index in [4.69, 9.17) is 9.47 Å². The molecule has 1 aromatic carbocycles. The first kappa shape index (κ1) is 13.4. The van der Waals surface area contributed by atoms with E-state index >= 15 is 0 Å². The van der Waals surface area contributed by atoms with Crippen molar-refractivity contribution in [3.63, 3.8) is 0 Å². The van der Waals surface area contributed by atoms with Crippen LogP contribution in [0.15, 0.2) is 18.2 Å². The van der Waals surface area contributed by atoms with Gasteiger partial charge in [-0.1, -0.05) is 19.9 Å². The molecule has 1 saturated heterocycles. The number of benzene rings is 1. The van der Waals surface area contributed by atoms with Gasteiger partial charge in [-0.3, -0.25) is 0 Å². The summed E-state index contributed by atoms with van der Waals surface area (Å²) in [6, 6.07) is 6.43. The van der Waals surface area contributed by atoms with E-state index in [1.807, 2.05) is 0 Å². The van der Waals surface area contributed by atoms with Gasteiger partial charge in [0.15, 0.2) is 0 Å². The molecular weight excluding hydrogens is 224 g/mol. The summed E-state index contributed by atoms with van der Waals surface area (Å²) >= 11 is 0. The van der Waals surface area contributed by atoms with Crippen LogP contribution in [0.1, 0.15) is 38.3 Å². The minimum Gasteiger partial charge on any atom is -0.494 e. The summed E-state index contributed by atoms with van der Waals surface area (Å²) in [6.07, 6.45) is 3.05. The Kier molecular flexibility index (Phi) is 4.28. The van der Waals surface area contributed by atoms with Crippen LogP contribution in [0.25, 0.3) is 0 Å². The first-order valence-corrected chi connectivity index (χ1v) is 6.99. The third-order valence-corrected chi connectivity index (χ3v) is 3.65. The summed E-state index contributed by atoms with van der Waals surface area (Å²) < 4.78 is 11.2. The Balaban J connectivity index is 1.96. The summed E-state index contributed by atoms with van der Waals surface area (Å²) in [5.74, 6) is 1.59. The first-order chi connectivity index (χ1) is 8.61. The SMILES string of the molecule is CCCOc1ccc(CC(C)C2OC2C)c(C)c1. The summed E-state index contributed by atoms with van der Waals surface area (Å²) in [5, 5.41) is 0. The Morgan fingerprint density at radius 2 is 2.11 bits per heavy atom. The second-order valence-corrected chi connectivity index (χ2v) is 5.42. The lowest BCUT2D eigenvalue weighted by molar-refractivity contribution is 0.316. The van der Waals surface area contributed by atoms with Crippen molar-refractivity contribution in [1.29, 1.82) is 0 Å². The third kappa shape index (κ3) is 3.26. The summed E-state index contributed by atoms with van der Waals surface area (Å²) in [4.78, 5) is 0. The maximum absolute atomic E-state index is 5.65. The van der Waals surface area contributed by atoms with E-state index in [0.717, 1.165) is 25.2 Å². The highest BCUT2D eigenvalue weighted by Gasteiger charge is 2.38. The number of hydrogen-bond acceptors (Lipinski definition) is 2. The van der Waals surface area contributed by atoms with E-state index in [1.54, 1.807) is 0 Å². The van der Waals surface area contributed by atoms with Crippen LogP contribution in [0, 0.1) is 12.8 Å². The lowest BCUT2D eigenvalue weighted by Crippen LogP contribution is -2.10. The van der Waals surface area contributed by atoms with Gasteiger partial charge in [0.1, 0.15) is 5.75 Å². The number of aryl methyl sites for hydroxylation is 1. The van der Waals surface area contributed by atoms with Gasteiger partial charge < -0.3 is 9.47 Å². The lowest BCUT2D eigenvalue weighted by Gasteiger charge is -2.13. The maximum Gasteiger partial charge on any atom is 0.119 e. The molecule has 18 heavy (non-hydrogen) atoms. The maximum atomic E-state index is 5.65. The standard InChI is InChI=1S/C16H24O2/c1-5-8-17-15-7-6-14(11(2)10-15)9-12(3)16-13(4)18-16/h6-7,10,12-13,16H,5,8-9H2,1-4H3. The Hall–Kier alpha value is -1.02. The summed E-state index contributed by atoms with van der Waals surface area (Å²) in [6.45, 7) is 9.51. The van der Waals surface area contributed by atoms with E-state index in [9.17, 15) is 0 Å². The number of rotatable bonds is 6. The van der Waals surface area contributed by atoms with Crippen LogP contribution in [-0.4, -0.2) is 18.8 Å². The molecule has 3 unspecified atom stereocenters.